The Morgan fingerprint density at radius 1 is 0.453 bits per heavy atom. The fourth-order valence-electron chi connectivity index (χ4n) is 5.87. The Balaban J connectivity index is 1.39. The molecule has 17 N–H and O–H groups in total. The SMILES string of the molecule is OCOC(OC1OC(CO)C(OC2OC(O)C(OC3OC(CO)C(OC4OC(O)C(O)C(O)C4O)C(O)C3O)C(O)C2O)C(O)C1O)C(O)C(O)CO. The molecule has 53 heavy (non-hydrogen) atoms. The molecule has 4 aliphatic heterocycles. The zero-order valence-electron chi connectivity index (χ0n) is 27.4. The third kappa shape index (κ3) is 9.75. The Kier molecular flexibility index (Phi) is 16.4. The molecule has 0 bridgehead atoms. The first-order valence-corrected chi connectivity index (χ1v) is 16.1. The third-order valence-electron chi connectivity index (χ3n) is 8.95. The number of hydrogen-bond acceptors (Lipinski definition) is 26. The Bertz CT molecular complexity index is 1090. The maximum absolute atomic E-state index is 10.8. The van der Waals surface area contributed by atoms with Crippen molar-refractivity contribution in [2.75, 3.05) is 26.6 Å². The predicted octanol–water partition coefficient (Wildman–Crippen LogP) is -11.8. The Hall–Kier alpha value is -1.04. The summed E-state index contributed by atoms with van der Waals surface area (Å²) < 4.78 is 47.0. The first kappa shape index (κ1) is 44.7. The summed E-state index contributed by atoms with van der Waals surface area (Å²) in [6.45, 7) is -4.00. The van der Waals surface area contributed by atoms with E-state index < -0.39 is 168 Å². The highest BCUT2D eigenvalue weighted by molar-refractivity contribution is 4.96. The quantitative estimate of drug-likeness (QED) is 0.0685. The molecule has 23 atom stereocenters. The van der Waals surface area contributed by atoms with E-state index in [0.29, 0.717) is 0 Å². The summed E-state index contributed by atoms with van der Waals surface area (Å²) in [5.74, 6) is 0. The summed E-state index contributed by atoms with van der Waals surface area (Å²) in [7, 11) is 0. The van der Waals surface area contributed by atoms with Crippen molar-refractivity contribution in [1.82, 2.24) is 0 Å². The van der Waals surface area contributed by atoms with Crippen LogP contribution in [0.5, 0.6) is 0 Å². The summed E-state index contributed by atoms with van der Waals surface area (Å²) in [6, 6.07) is 0. The highest BCUT2D eigenvalue weighted by Crippen LogP contribution is 2.34. The maximum atomic E-state index is 10.8. The van der Waals surface area contributed by atoms with E-state index in [2.05, 4.69) is 0 Å². The summed E-state index contributed by atoms with van der Waals surface area (Å²) in [5, 5.41) is 173. The van der Waals surface area contributed by atoms with Gasteiger partial charge in [-0.2, -0.15) is 0 Å². The van der Waals surface area contributed by atoms with E-state index >= 15 is 0 Å². The molecule has 26 heteroatoms. The molecule has 4 aliphatic rings. The monoisotopic (exact) mass is 788 g/mol. The second kappa shape index (κ2) is 19.4. The normalized spacial score (nSPS) is 48.6. The third-order valence-corrected chi connectivity index (χ3v) is 8.95. The lowest BCUT2D eigenvalue weighted by Gasteiger charge is -2.48. The Morgan fingerprint density at radius 3 is 1.36 bits per heavy atom. The van der Waals surface area contributed by atoms with Crippen molar-refractivity contribution in [2.45, 2.75) is 142 Å². The van der Waals surface area contributed by atoms with E-state index in [0.717, 1.165) is 0 Å². The molecule has 0 aromatic heterocycles. The van der Waals surface area contributed by atoms with Crippen LogP contribution in [0.2, 0.25) is 0 Å². The van der Waals surface area contributed by atoms with Crippen molar-refractivity contribution in [3.63, 3.8) is 0 Å². The van der Waals surface area contributed by atoms with Gasteiger partial charge >= 0.3 is 0 Å². The molecule has 4 fully saturated rings. The molecule has 312 valence electrons. The Morgan fingerprint density at radius 2 is 0.868 bits per heavy atom. The molecule has 23 unspecified atom stereocenters. The molecule has 0 amide bonds. The molecule has 0 aromatic carbocycles. The average Bonchev–Trinajstić information content (AvgIpc) is 3.14. The van der Waals surface area contributed by atoms with Gasteiger partial charge < -0.3 is 129 Å². The molecule has 26 nitrogen and oxygen atoms in total. The van der Waals surface area contributed by atoms with Crippen LogP contribution in [-0.2, 0) is 42.6 Å². The van der Waals surface area contributed by atoms with Crippen LogP contribution in [0.1, 0.15) is 0 Å². The number of aliphatic hydroxyl groups is 17. The molecule has 0 saturated carbocycles. The van der Waals surface area contributed by atoms with Crippen LogP contribution in [0.25, 0.3) is 0 Å². The molecule has 4 saturated heterocycles. The van der Waals surface area contributed by atoms with Gasteiger partial charge in [0, 0.05) is 0 Å². The zero-order chi connectivity index (χ0) is 39.5. The summed E-state index contributed by atoms with van der Waals surface area (Å²) in [5.41, 5.74) is 0. The van der Waals surface area contributed by atoms with Gasteiger partial charge in [0.25, 0.3) is 0 Å². The van der Waals surface area contributed by atoms with Crippen LogP contribution in [0, 0.1) is 0 Å². The van der Waals surface area contributed by atoms with Gasteiger partial charge in [0.2, 0.25) is 0 Å². The minimum Gasteiger partial charge on any atom is -0.394 e. The van der Waals surface area contributed by atoms with Crippen LogP contribution in [0.3, 0.4) is 0 Å². The summed E-state index contributed by atoms with van der Waals surface area (Å²) in [4.78, 5) is 0. The van der Waals surface area contributed by atoms with Gasteiger partial charge in [0.1, 0.15) is 104 Å². The molecule has 0 spiro atoms. The number of hydrogen-bond donors (Lipinski definition) is 17. The maximum Gasteiger partial charge on any atom is 0.191 e. The highest BCUT2D eigenvalue weighted by atomic mass is 16.8. The van der Waals surface area contributed by atoms with Gasteiger partial charge in [-0.05, 0) is 0 Å². The van der Waals surface area contributed by atoms with Crippen LogP contribution in [-0.4, -0.2) is 255 Å². The van der Waals surface area contributed by atoms with Crippen LogP contribution in [0.15, 0.2) is 0 Å². The van der Waals surface area contributed by atoms with E-state index in [1.54, 1.807) is 0 Å². The van der Waals surface area contributed by atoms with Gasteiger partial charge in [0.05, 0.1) is 19.8 Å². The van der Waals surface area contributed by atoms with Crippen LogP contribution >= 0.6 is 0 Å². The number of ether oxygens (including phenoxy) is 9. The standard InChI is InChI=1S/C27H48O26/c28-1-5(32)8(33)23(45-4-31)53-25-16(41)11(36)19(7(3-30)47-25)49-27-17(42)12(37)20(22(44)52-27)50-24-15(40)10(35)18(6(2-29)46-24)48-26-14(39)9(34)13(38)21(43)51-26/h5-44H,1-4H2. The lowest BCUT2D eigenvalue weighted by Crippen LogP contribution is -2.67. The molecule has 4 heterocycles. The molecule has 0 aliphatic carbocycles. The van der Waals surface area contributed by atoms with Gasteiger partial charge in [-0.1, -0.05) is 0 Å². The van der Waals surface area contributed by atoms with Gasteiger partial charge in [-0.3, -0.25) is 0 Å². The molecular weight excluding hydrogens is 740 g/mol. The average molecular weight is 789 g/mol. The van der Waals surface area contributed by atoms with E-state index in [-0.39, 0.29) is 0 Å². The van der Waals surface area contributed by atoms with Crippen molar-refractivity contribution < 1.29 is 129 Å². The fourth-order valence-corrected chi connectivity index (χ4v) is 5.87. The first-order chi connectivity index (χ1) is 25.0. The largest absolute Gasteiger partial charge is 0.394 e. The lowest BCUT2D eigenvalue weighted by atomic mass is 9.97. The van der Waals surface area contributed by atoms with Gasteiger partial charge in [-0.15, -0.1) is 0 Å². The second-order valence-corrected chi connectivity index (χ2v) is 12.5. The number of rotatable bonds is 15. The predicted molar refractivity (Wildman–Crippen MR) is 154 cm³/mol. The minimum atomic E-state index is -2.25. The van der Waals surface area contributed by atoms with E-state index in [1.807, 2.05) is 0 Å². The van der Waals surface area contributed by atoms with Crippen LogP contribution in [0.4, 0.5) is 0 Å². The zero-order valence-corrected chi connectivity index (χ0v) is 27.4. The second-order valence-electron chi connectivity index (χ2n) is 12.5. The number of aliphatic hydroxyl groups excluding tert-OH is 17. The van der Waals surface area contributed by atoms with Crippen molar-refractivity contribution in [3.8, 4) is 0 Å². The smallest absolute Gasteiger partial charge is 0.191 e. The van der Waals surface area contributed by atoms with Crippen molar-refractivity contribution >= 4 is 0 Å². The first-order valence-electron chi connectivity index (χ1n) is 16.1. The minimum absolute atomic E-state index is 0.967. The summed E-state index contributed by atoms with van der Waals surface area (Å²) in [6.07, 6.45) is -45.4. The van der Waals surface area contributed by atoms with Crippen LogP contribution < -0.4 is 0 Å². The fraction of sp³-hybridized carbons (Fsp3) is 1.00. The van der Waals surface area contributed by atoms with E-state index in [9.17, 15) is 76.6 Å². The van der Waals surface area contributed by atoms with Crippen molar-refractivity contribution in [2.24, 2.45) is 0 Å². The van der Waals surface area contributed by atoms with Gasteiger partial charge in [-0.25, -0.2) is 0 Å². The Labute approximate surface area is 298 Å². The highest BCUT2D eigenvalue weighted by Gasteiger charge is 2.55. The van der Waals surface area contributed by atoms with E-state index in [1.165, 1.54) is 0 Å². The van der Waals surface area contributed by atoms with Crippen molar-refractivity contribution in [3.05, 3.63) is 0 Å². The molecule has 0 radical (unpaired) electrons. The van der Waals surface area contributed by atoms with E-state index in [4.69, 9.17) is 52.8 Å². The summed E-state index contributed by atoms with van der Waals surface area (Å²) >= 11 is 0. The van der Waals surface area contributed by atoms with Gasteiger partial charge in [0.15, 0.2) is 44.0 Å². The lowest BCUT2D eigenvalue weighted by molar-refractivity contribution is -0.411. The van der Waals surface area contributed by atoms with Crippen molar-refractivity contribution in [1.29, 1.82) is 0 Å². The molecular formula is C27H48O26. The molecule has 4 rings (SSSR count). The topological polar surface area (TPSA) is 427 Å². The molecule has 0 aromatic rings.